The van der Waals surface area contributed by atoms with Crippen LogP contribution in [0.2, 0.25) is 0 Å². The average Bonchev–Trinajstić information content (AvgIpc) is 2.19. The second kappa shape index (κ2) is 6.20. The predicted molar refractivity (Wildman–Crippen MR) is 60.5 cm³/mol. The molecule has 1 saturated heterocycles. The summed E-state index contributed by atoms with van der Waals surface area (Å²) < 4.78 is 5.33. The molecule has 14 heavy (non-hydrogen) atoms. The molecule has 0 aromatic rings. The van der Waals surface area contributed by atoms with Crippen LogP contribution in [0, 0.1) is 5.92 Å². The van der Waals surface area contributed by atoms with Crippen molar-refractivity contribution in [3.05, 3.63) is 11.1 Å². The Morgan fingerprint density at radius 1 is 1.21 bits per heavy atom. The van der Waals surface area contributed by atoms with Crippen molar-refractivity contribution in [2.75, 3.05) is 26.3 Å². The maximum Gasteiger partial charge on any atom is 0.0469 e. The third-order valence-electron chi connectivity index (χ3n) is 3.02. The Kier molecular flexibility index (Phi) is 5.20. The van der Waals surface area contributed by atoms with E-state index < -0.39 is 0 Å². The largest absolute Gasteiger partial charge is 0.381 e. The van der Waals surface area contributed by atoms with E-state index in [0.717, 1.165) is 32.2 Å². The summed E-state index contributed by atoms with van der Waals surface area (Å²) in [4.78, 5) is 0. The summed E-state index contributed by atoms with van der Waals surface area (Å²) >= 11 is 0. The lowest BCUT2D eigenvalue weighted by atomic mass is 10.0. The van der Waals surface area contributed by atoms with Gasteiger partial charge in [-0.15, -0.1) is 0 Å². The maximum absolute atomic E-state index is 5.33. The Labute approximate surface area is 87.7 Å². The van der Waals surface area contributed by atoms with Gasteiger partial charge in [0.1, 0.15) is 0 Å². The highest BCUT2D eigenvalue weighted by atomic mass is 16.5. The molecule has 0 spiro atoms. The number of allylic oxidation sites excluding steroid dienone is 1. The molecule has 2 heteroatoms. The van der Waals surface area contributed by atoms with Gasteiger partial charge in [0.15, 0.2) is 0 Å². The molecule has 0 unspecified atom stereocenters. The quantitative estimate of drug-likeness (QED) is 0.699. The van der Waals surface area contributed by atoms with Crippen LogP contribution in [0.25, 0.3) is 0 Å². The van der Waals surface area contributed by atoms with Gasteiger partial charge in [-0.05, 0) is 46.1 Å². The molecule has 1 rings (SSSR count). The fourth-order valence-corrected chi connectivity index (χ4v) is 1.59. The number of rotatable bonds is 4. The summed E-state index contributed by atoms with van der Waals surface area (Å²) in [6.45, 7) is 10.6. The van der Waals surface area contributed by atoms with Crippen molar-refractivity contribution in [3.63, 3.8) is 0 Å². The van der Waals surface area contributed by atoms with Crippen LogP contribution in [0.1, 0.15) is 33.6 Å². The van der Waals surface area contributed by atoms with E-state index in [-0.39, 0.29) is 0 Å². The number of nitrogens with one attached hydrogen (secondary N) is 1. The molecule has 0 bridgehead atoms. The van der Waals surface area contributed by atoms with Crippen LogP contribution in [0.4, 0.5) is 0 Å². The van der Waals surface area contributed by atoms with Gasteiger partial charge in [-0.2, -0.15) is 0 Å². The van der Waals surface area contributed by atoms with Crippen LogP contribution < -0.4 is 5.32 Å². The van der Waals surface area contributed by atoms with E-state index in [1.165, 1.54) is 24.0 Å². The molecule has 82 valence electrons. The van der Waals surface area contributed by atoms with Crippen molar-refractivity contribution >= 4 is 0 Å². The molecule has 1 fully saturated rings. The van der Waals surface area contributed by atoms with E-state index >= 15 is 0 Å². The Morgan fingerprint density at radius 3 is 2.43 bits per heavy atom. The monoisotopic (exact) mass is 197 g/mol. The topological polar surface area (TPSA) is 21.3 Å². The minimum Gasteiger partial charge on any atom is -0.381 e. The SMILES string of the molecule is CC(C)=C(C)CNCC1CCOCC1. The summed E-state index contributed by atoms with van der Waals surface area (Å²) in [6.07, 6.45) is 2.45. The van der Waals surface area contributed by atoms with Crippen LogP contribution in [-0.4, -0.2) is 26.3 Å². The van der Waals surface area contributed by atoms with Gasteiger partial charge < -0.3 is 10.1 Å². The first-order valence-corrected chi connectivity index (χ1v) is 5.61. The molecule has 0 saturated carbocycles. The van der Waals surface area contributed by atoms with Crippen LogP contribution in [0.3, 0.4) is 0 Å². The van der Waals surface area contributed by atoms with Gasteiger partial charge in [0.05, 0.1) is 0 Å². The number of hydrogen-bond donors (Lipinski definition) is 1. The lowest BCUT2D eigenvalue weighted by Crippen LogP contribution is -2.28. The van der Waals surface area contributed by atoms with Crippen molar-refractivity contribution < 1.29 is 4.74 Å². The molecule has 1 heterocycles. The summed E-state index contributed by atoms with van der Waals surface area (Å²) in [5.41, 5.74) is 2.90. The van der Waals surface area contributed by atoms with Crippen LogP contribution in [0.15, 0.2) is 11.1 Å². The summed E-state index contributed by atoms with van der Waals surface area (Å²) in [5, 5.41) is 3.52. The highest BCUT2D eigenvalue weighted by molar-refractivity contribution is 5.08. The fraction of sp³-hybridized carbons (Fsp3) is 0.833. The van der Waals surface area contributed by atoms with Gasteiger partial charge in [0.2, 0.25) is 0 Å². The first-order chi connectivity index (χ1) is 6.70. The third-order valence-corrected chi connectivity index (χ3v) is 3.02. The molecule has 2 nitrogen and oxygen atoms in total. The first kappa shape index (κ1) is 11.7. The van der Waals surface area contributed by atoms with Crippen LogP contribution in [-0.2, 0) is 4.74 Å². The molecule has 0 aliphatic carbocycles. The molecule has 1 N–H and O–H groups in total. The highest BCUT2D eigenvalue weighted by Crippen LogP contribution is 2.13. The molecule has 0 aromatic carbocycles. The highest BCUT2D eigenvalue weighted by Gasteiger charge is 2.12. The van der Waals surface area contributed by atoms with Crippen molar-refractivity contribution in [1.82, 2.24) is 5.32 Å². The lowest BCUT2D eigenvalue weighted by molar-refractivity contribution is 0.0665. The lowest BCUT2D eigenvalue weighted by Gasteiger charge is -2.22. The smallest absolute Gasteiger partial charge is 0.0469 e. The molecule has 1 aliphatic heterocycles. The Morgan fingerprint density at radius 2 is 1.86 bits per heavy atom. The normalized spacial score (nSPS) is 18.2. The van der Waals surface area contributed by atoms with Crippen molar-refractivity contribution in [2.24, 2.45) is 5.92 Å². The molecular weight excluding hydrogens is 174 g/mol. The van der Waals surface area contributed by atoms with Crippen LogP contribution >= 0.6 is 0 Å². The second-order valence-corrected chi connectivity index (χ2v) is 4.47. The predicted octanol–water partition coefficient (Wildman–Crippen LogP) is 2.36. The third kappa shape index (κ3) is 4.25. The van der Waals surface area contributed by atoms with Gasteiger partial charge in [-0.25, -0.2) is 0 Å². The van der Waals surface area contributed by atoms with E-state index in [1.54, 1.807) is 0 Å². The van der Waals surface area contributed by atoms with Gasteiger partial charge >= 0.3 is 0 Å². The summed E-state index contributed by atoms with van der Waals surface area (Å²) in [5.74, 6) is 0.828. The van der Waals surface area contributed by atoms with Crippen molar-refractivity contribution in [1.29, 1.82) is 0 Å². The van der Waals surface area contributed by atoms with Gasteiger partial charge in [-0.3, -0.25) is 0 Å². The van der Waals surface area contributed by atoms with Crippen molar-refractivity contribution in [3.8, 4) is 0 Å². The van der Waals surface area contributed by atoms with Gasteiger partial charge in [-0.1, -0.05) is 11.1 Å². The second-order valence-electron chi connectivity index (χ2n) is 4.47. The molecule has 0 radical (unpaired) electrons. The zero-order valence-electron chi connectivity index (χ0n) is 9.73. The molecular formula is C12H23NO. The Hall–Kier alpha value is -0.340. The zero-order valence-corrected chi connectivity index (χ0v) is 9.73. The average molecular weight is 197 g/mol. The Bertz CT molecular complexity index is 188. The van der Waals surface area contributed by atoms with E-state index in [2.05, 4.69) is 26.1 Å². The van der Waals surface area contributed by atoms with Crippen molar-refractivity contribution in [2.45, 2.75) is 33.6 Å². The van der Waals surface area contributed by atoms with E-state index in [4.69, 9.17) is 4.74 Å². The molecule has 0 atom stereocenters. The van der Waals surface area contributed by atoms with E-state index in [9.17, 15) is 0 Å². The standard InChI is InChI=1S/C12H23NO/c1-10(2)11(3)8-13-9-12-4-6-14-7-5-12/h12-13H,4-9H2,1-3H3. The minimum absolute atomic E-state index is 0.828. The maximum atomic E-state index is 5.33. The van der Waals surface area contributed by atoms with E-state index in [1.807, 2.05) is 0 Å². The van der Waals surface area contributed by atoms with E-state index in [0.29, 0.717) is 0 Å². The number of hydrogen-bond acceptors (Lipinski definition) is 2. The molecule has 0 aromatic heterocycles. The summed E-state index contributed by atoms with van der Waals surface area (Å²) in [6, 6.07) is 0. The van der Waals surface area contributed by atoms with Crippen LogP contribution in [0.5, 0.6) is 0 Å². The zero-order chi connectivity index (χ0) is 10.4. The fourth-order valence-electron chi connectivity index (χ4n) is 1.59. The minimum atomic E-state index is 0.828. The summed E-state index contributed by atoms with van der Waals surface area (Å²) in [7, 11) is 0. The first-order valence-electron chi connectivity index (χ1n) is 5.61. The Balaban J connectivity index is 2.11. The molecule has 0 amide bonds. The van der Waals surface area contributed by atoms with Gasteiger partial charge in [0, 0.05) is 19.8 Å². The number of ether oxygens (including phenoxy) is 1. The molecule has 1 aliphatic rings. The van der Waals surface area contributed by atoms with Gasteiger partial charge in [0.25, 0.3) is 0 Å².